The first-order valence-corrected chi connectivity index (χ1v) is 0.500. The van der Waals surface area contributed by atoms with E-state index in [0.717, 1.165) is 0 Å². The first-order chi connectivity index (χ1) is 1.00. The molecule has 0 atom stereocenters. The van der Waals surface area contributed by atoms with Gasteiger partial charge >= 0.3 is 0 Å². The van der Waals surface area contributed by atoms with Gasteiger partial charge in [0.1, 0.15) is 0 Å². The fraction of sp³-hybridized carbons (Fsp3) is 0.500. The monoisotopic (exact) mass is 334 g/mol. The van der Waals surface area contributed by atoms with Crippen molar-refractivity contribution in [2.24, 2.45) is 0 Å². The second kappa shape index (κ2) is 46.4. The topological polar surface area (TPSA) is 23.8 Å². The Morgan fingerprint density at radius 2 is 1.20 bits per heavy atom. The molecule has 5 heavy (non-hydrogen) atoms. The van der Waals surface area contributed by atoms with E-state index in [1.54, 1.807) is 0 Å². The third kappa shape index (κ3) is 28.4. The summed E-state index contributed by atoms with van der Waals surface area (Å²) in [6, 6.07) is 0. The smallest absolute Gasteiger partial charge is 0 e. The van der Waals surface area contributed by atoms with Crippen LogP contribution in [0.1, 0.15) is 0 Å². The van der Waals surface area contributed by atoms with Gasteiger partial charge in [-0.1, -0.05) is 0 Å². The second-order valence-electron chi connectivity index (χ2n) is 0. The van der Waals surface area contributed by atoms with Crippen molar-refractivity contribution < 1.29 is 49.7 Å². The summed E-state index contributed by atoms with van der Waals surface area (Å²) in [6.07, 6.45) is 0. The molecule has 0 saturated carbocycles. The summed E-state index contributed by atoms with van der Waals surface area (Å²) in [4.78, 5) is 0. The van der Waals surface area contributed by atoms with Crippen molar-refractivity contribution in [3.05, 3.63) is 13.2 Å². The molecular formula is C2H7NUV-2. The molecule has 0 unspecified atom stereocenters. The summed E-state index contributed by atoms with van der Waals surface area (Å²) in [5.41, 5.74) is 5.75. The maximum absolute atomic E-state index is 5.75. The largest absolute Gasteiger partial charge is 0.680 e. The molecule has 0 aromatic rings. The zero-order chi connectivity index (χ0) is 2.00. The first-order valence-electron chi connectivity index (χ1n) is 0.500. The predicted octanol–water partition coefficient (Wildman–Crippen LogP) is 1.12. The molecule has 0 fully saturated rings. The van der Waals surface area contributed by atoms with Crippen LogP contribution in [0.2, 0.25) is 0 Å². The first kappa shape index (κ1) is 30.6. The number of rotatable bonds is 0. The van der Waals surface area contributed by atoms with E-state index in [-0.39, 0.29) is 57.1 Å². The summed E-state index contributed by atoms with van der Waals surface area (Å²) >= 11 is 0. The van der Waals surface area contributed by atoms with Gasteiger partial charge in [0.25, 0.3) is 0 Å². The molecule has 0 aromatic carbocycles. The molecule has 1 nitrogen and oxygen atoms in total. The molecule has 1 N–H and O–H groups in total. The van der Waals surface area contributed by atoms with E-state index >= 15 is 0 Å². The summed E-state index contributed by atoms with van der Waals surface area (Å²) in [5, 5.41) is 0. The Balaban J connectivity index is -0.00000000167. The van der Waals surface area contributed by atoms with Crippen molar-refractivity contribution in [2.75, 3.05) is 7.05 Å². The van der Waals surface area contributed by atoms with Gasteiger partial charge in [-0.3, -0.25) is 0 Å². The molecule has 0 aromatic heterocycles. The van der Waals surface area contributed by atoms with Gasteiger partial charge in [0, 0.05) is 49.7 Å². The number of nitrogens with one attached hydrogen (secondary N) is 1. The van der Waals surface area contributed by atoms with E-state index in [0.29, 0.717) is 0 Å². The summed E-state index contributed by atoms with van der Waals surface area (Å²) in [5.74, 6) is 0. The number of hydrogen-bond acceptors (Lipinski definition) is 0. The molecule has 0 amide bonds. The van der Waals surface area contributed by atoms with Crippen molar-refractivity contribution in [3.8, 4) is 0 Å². The van der Waals surface area contributed by atoms with Crippen LogP contribution in [0.3, 0.4) is 0 Å². The van der Waals surface area contributed by atoms with Crippen LogP contribution in [-0.2, 0) is 18.6 Å². The van der Waals surface area contributed by atoms with Crippen LogP contribution in [0.5, 0.6) is 0 Å². The molecule has 0 spiro atoms. The number of hydrogen-bond donors (Lipinski definition) is 0. The molecule has 1 radical (unpaired) electrons. The van der Waals surface area contributed by atoms with Crippen LogP contribution >= 0.6 is 0 Å². The summed E-state index contributed by atoms with van der Waals surface area (Å²) in [6.45, 7) is 0. The van der Waals surface area contributed by atoms with Gasteiger partial charge < -0.3 is 13.2 Å². The maximum atomic E-state index is 5.75. The molecule has 0 heterocycles. The zero-order valence-electron chi connectivity index (χ0n) is 3.45. The van der Waals surface area contributed by atoms with Crippen molar-refractivity contribution in [1.29, 1.82) is 0 Å². The van der Waals surface area contributed by atoms with E-state index < -0.39 is 0 Å². The van der Waals surface area contributed by atoms with Crippen LogP contribution in [0.4, 0.5) is 0 Å². The molecule has 3 heteroatoms. The Morgan fingerprint density at radius 3 is 1.20 bits per heavy atom. The molecule has 0 aliphatic rings. The van der Waals surface area contributed by atoms with E-state index in [1.807, 2.05) is 0 Å². The summed E-state index contributed by atoms with van der Waals surface area (Å²) < 4.78 is 0. The minimum Gasteiger partial charge on any atom is -0.680 e. The minimum absolute atomic E-state index is 0. The van der Waals surface area contributed by atoms with Gasteiger partial charge in [-0.2, -0.15) is 7.05 Å². The molecule has 0 saturated heterocycles. The van der Waals surface area contributed by atoms with Gasteiger partial charge in [0.2, 0.25) is 0 Å². The molecule has 0 aliphatic carbocycles. The Hall–Kier alpha value is 1.60. The van der Waals surface area contributed by atoms with Crippen molar-refractivity contribution in [2.45, 2.75) is 0 Å². The van der Waals surface area contributed by atoms with Crippen molar-refractivity contribution >= 4 is 0 Å². The molecule has 31 valence electrons. The van der Waals surface area contributed by atoms with Crippen LogP contribution in [0.25, 0.3) is 5.73 Å². The van der Waals surface area contributed by atoms with Crippen molar-refractivity contribution in [3.63, 3.8) is 0 Å². The zero-order valence-corrected chi connectivity index (χ0v) is 9.01. The average Bonchev–Trinajstić information content (AvgIpc) is 1.00. The average molecular weight is 334 g/mol. The van der Waals surface area contributed by atoms with Crippen molar-refractivity contribution in [1.82, 2.24) is 0 Å². The standard InChI is InChI=1S/CH4N.CH3.U.V/c1-2;;;/h2H,1H3;1H3;;/q2*-1;;. The quantitative estimate of drug-likeness (QED) is 0.593. The van der Waals surface area contributed by atoms with Gasteiger partial charge in [-0.05, 0) is 0 Å². The Kier molecular flexibility index (Phi) is 284. The summed E-state index contributed by atoms with van der Waals surface area (Å²) in [7, 11) is 1.25. The maximum Gasteiger partial charge on any atom is 0 e. The second-order valence-corrected chi connectivity index (χ2v) is 0. The fourth-order valence-electron chi connectivity index (χ4n) is 0. The minimum atomic E-state index is 0. The predicted molar refractivity (Wildman–Crippen MR) is 16.7 cm³/mol. The normalized spacial score (nSPS) is 1.20. The van der Waals surface area contributed by atoms with E-state index in [4.69, 9.17) is 5.73 Å². The Labute approximate surface area is 69.3 Å². The molecule has 0 rings (SSSR count). The van der Waals surface area contributed by atoms with E-state index in [1.165, 1.54) is 7.05 Å². The van der Waals surface area contributed by atoms with Crippen LogP contribution in [-0.4, -0.2) is 7.05 Å². The fourth-order valence-corrected chi connectivity index (χ4v) is 0. The van der Waals surface area contributed by atoms with Gasteiger partial charge in [0.05, 0.1) is 0 Å². The Bertz CT molecular complexity index is 9.61. The van der Waals surface area contributed by atoms with E-state index in [9.17, 15) is 0 Å². The third-order valence-corrected chi connectivity index (χ3v) is 0. The molecular weight excluding hydrogens is 327 g/mol. The molecule has 0 bridgehead atoms. The molecule has 0 aliphatic heterocycles. The SMILES string of the molecule is C[NH-].[CH3-].[U].[V]. The van der Waals surface area contributed by atoms with Crippen LogP contribution in [0, 0.1) is 38.5 Å². The van der Waals surface area contributed by atoms with Crippen LogP contribution in [0.15, 0.2) is 0 Å². The van der Waals surface area contributed by atoms with Crippen LogP contribution < -0.4 is 0 Å². The van der Waals surface area contributed by atoms with Gasteiger partial charge in [0.15, 0.2) is 0 Å². The third-order valence-electron chi connectivity index (χ3n) is 0. The van der Waals surface area contributed by atoms with Gasteiger partial charge in [-0.15, -0.1) is 0 Å². The Morgan fingerprint density at radius 1 is 1.20 bits per heavy atom. The van der Waals surface area contributed by atoms with E-state index in [2.05, 4.69) is 0 Å². The van der Waals surface area contributed by atoms with Gasteiger partial charge in [-0.25, -0.2) is 0 Å².